The molecule has 0 saturated heterocycles. The molecule has 118 valence electrons. The van der Waals surface area contributed by atoms with E-state index in [1.807, 2.05) is 24.3 Å². The number of carbonyl (C=O) groups excluding carboxylic acids is 1. The van der Waals surface area contributed by atoms with Crippen molar-refractivity contribution in [3.05, 3.63) is 29.8 Å². The Balaban J connectivity index is 2.41. The molecule has 1 rings (SSSR count). The highest BCUT2D eigenvalue weighted by molar-refractivity contribution is 5.90. The molecule has 0 aromatic heterocycles. The molecule has 0 bridgehead atoms. The van der Waals surface area contributed by atoms with Crippen LogP contribution in [0.15, 0.2) is 24.3 Å². The molecule has 1 atom stereocenters. The Kier molecular flexibility index (Phi) is 7.97. The van der Waals surface area contributed by atoms with Gasteiger partial charge in [-0.1, -0.05) is 19.1 Å². The molecule has 0 fully saturated rings. The molecule has 0 aliphatic rings. The van der Waals surface area contributed by atoms with Gasteiger partial charge in [-0.05, 0) is 31.2 Å². The minimum absolute atomic E-state index is 0.0264. The summed E-state index contributed by atoms with van der Waals surface area (Å²) in [5, 5.41) is 2.91. The topological polar surface area (TPSA) is 67.6 Å². The van der Waals surface area contributed by atoms with Crippen LogP contribution in [-0.2, 0) is 16.1 Å². The van der Waals surface area contributed by atoms with Gasteiger partial charge in [-0.2, -0.15) is 0 Å². The minimum atomic E-state index is 0.0264. The Labute approximate surface area is 127 Å². The number of hydrogen-bond acceptors (Lipinski definition) is 4. The van der Waals surface area contributed by atoms with Gasteiger partial charge >= 0.3 is 0 Å². The van der Waals surface area contributed by atoms with E-state index in [-0.39, 0.29) is 5.91 Å². The van der Waals surface area contributed by atoms with Gasteiger partial charge in [0.15, 0.2) is 0 Å². The van der Waals surface area contributed by atoms with Crippen LogP contribution in [0.4, 0.5) is 5.69 Å². The SMILES string of the molecule is CCN(CCC(=O)Nc1ccc(CN)cc1)C(C)COC. The predicted octanol–water partition coefficient (Wildman–Crippen LogP) is 1.83. The maximum atomic E-state index is 12.0. The van der Waals surface area contributed by atoms with Crippen molar-refractivity contribution in [2.45, 2.75) is 32.9 Å². The summed E-state index contributed by atoms with van der Waals surface area (Å²) in [7, 11) is 1.70. The third-order valence-corrected chi connectivity index (χ3v) is 3.54. The molecule has 0 saturated carbocycles. The van der Waals surface area contributed by atoms with E-state index >= 15 is 0 Å². The first-order chi connectivity index (χ1) is 10.1. The van der Waals surface area contributed by atoms with Crippen molar-refractivity contribution in [3.8, 4) is 0 Å². The summed E-state index contributed by atoms with van der Waals surface area (Å²) >= 11 is 0. The highest BCUT2D eigenvalue weighted by Gasteiger charge is 2.13. The van der Waals surface area contributed by atoms with Gasteiger partial charge in [0.25, 0.3) is 0 Å². The van der Waals surface area contributed by atoms with Gasteiger partial charge in [0.2, 0.25) is 5.91 Å². The number of benzene rings is 1. The maximum Gasteiger partial charge on any atom is 0.225 e. The van der Waals surface area contributed by atoms with Crippen LogP contribution in [0.1, 0.15) is 25.8 Å². The van der Waals surface area contributed by atoms with Crippen LogP contribution < -0.4 is 11.1 Å². The van der Waals surface area contributed by atoms with Crippen LogP contribution in [0.3, 0.4) is 0 Å². The molecule has 1 aromatic rings. The third kappa shape index (κ3) is 6.25. The summed E-state index contributed by atoms with van der Waals surface area (Å²) in [6.07, 6.45) is 0.473. The second kappa shape index (κ2) is 9.50. The van der Waals surface area contributed by atoms with Crippen molar-refractivity contribution in [1.29, 1.82) is 0 Å². The van der Waals surface area contributed by atoms with Gasteiger partial charge in [0.05, 0.1) is 6.61 Å². The summed E-state index contributed by atoms with van der Waals surface area (Å²) in [4.78, 5) is 14.2. The Morgan fingerprint density at radius 1 is 1.38 bits per heavy atom. The molecule has 3 N–H and O–H groups in total. The number of ether oxygens (including phenoxy) is 1. The number of methoxy groups -OCH3 is 1. The van der Waals surface area contributed by atoms with E-state index in [0.717, 1.165) is 24.3 Å². The predicted molar refractivity (Wildman–Crippen MR) is 86.2 cm³/mol. The average Bonchev–Trinajstić information content (AvgIpc) is 2.49. The second-order valence-electron chi connectivity index (χ2n) is 5.13. The fourth-order valence-corrected chi connectivity index (χ4v) is 2.23. The molecule has 0 spiro atoms. The van der Waals surface area contributed by atoms with Gasteiger partial charge in [0.1, 0.15) is 0 Å². The fourth-order valence-electron chi connectivity index (χ4n) is 2.23. The molecule has 1 amide bonds. The van der Waals surface area contributed by atoms with E-state index in [1.54, 1.807) is 7.11 Å². The lowest BCUT2D eigenvalue weighted by Gasteiger charge is -2.26. The normalized spacial score (nSPS) is 12.4. The van der Waals surface area contributed by atoms with Crippen molar-refractivity contribution >= 4 is 11.6 Å². The molecular weight excluding hydrogens is 266 g/mol. The lowest BCUT2D eigenvalue weighted by atomic mass is 10.2. The van der Waals surface area contributed by atoms with Crippen LogP contribution in [0.5, 0.6) is 0 Å². The monoisotopic (exact) mass is 293 g/mol. The molecule has 0 aliphatic carbocycles. The quantitative estimate of drug-likeness (QED) is 0.729. The second-order valence-corrected chi connectivity index (χ2v) is 5.13. The molecule has 5 heteroatoms. The molecule has 5 nitrogen and oxygen atoms in total. The zero-order valence-corrected chi connectivity index (χ0v) is 13.3. The van der Waals surface area contributed by atoms with E-state index in [9.17, 15) is 4.79 Å². The Bertz CT molecular complexity index is 420. The van der Waals surface area contributed by atoms with Crippen molar-refractivity contribution < 1.29 is 9.53 Å². The van der Waals surface area contributed by atoms with E-state index in [4.69, 9.17) is 10.5 Å². The molecule has 21 heavy (non-hydrogen) atoms. The first kappa shape index (κ1) is 17.6. The maximum absolute atomic E-state index is 12.0. The summed E-state index contributed by atoms with van der Waals surface area (Å²) in [5.74, 6) is 0.0264. The highest BCUT2D eigenvalue weighted by Crippen LogP contribution is 2.10. The van der Waals surface area contributed by atoms with Crippen LogP contribution >= 0.6 is 0 Å². The van der Waals surface area contributed by atoms with E-state index in [2.05, 4.69) is 24.1 Å². The Morgan fingerprint density at radius 2 is 2.05 bits per heavy atom. The molecule has 0 radical (unpaired) electrons. The van der Waals surface area contributed by atoms with Crippen molar-refractivity contribution in [2.75, 3.05) is 32.1 Å². The lowest BCUT2D eigenvalue weighted by molar-refractivity contribution is -0.116. The zero-order chi connectivity index (χ0) is 15.7. The Morgan fingerprint density at radius 3 is 2.57 bits per heavy atom. The molecule has 1 unspecified atom stereocenters. The number of hydrogen-bond donors (Lipinski definition) is 2. The summed E-state index contributed by atoms with van der Waals surface area (Å²) < 4.78 is 5.16. The van der Waals surface area contributed by atoms with Crippen LogP contribution in [-0.4, -0.2) is 43.7 Å². The van der Waals surface area contributed by atoms with Crippen LogP contribution in [0.25, 0.3) is 0 Å². The van der Waals surface area contributed by atoms with Gasteiger partial charge in [0, 0.05) is 38.3 Å². The fraction of sp³-hybridized carbons (Fsp3) is 0.562. The summed E-state index contributed by atoms with van der Waals surface area (Å²) in [6, 6.07) is 7.93. The summed E-state index contributed by atoms with van der Waals surface area (Å²) in [5.41, 5.74) is 7.41. The number of rotatable bonds is 9. The van der Waals surface area contributed by atoms with Crippen molar-refractivity contribution in [3.63, 3.8) is 0 Å². The first-order valence-electron chi connectivity index (χ1n) is 7.42. The lowest BCUT2D eigenvalue weighted by Crippen LogP contribution is -2.38. The highest BCUT2D eigenvalue weighted by atomic mass is 16.5. The first-order valence-corrected chi connectivity index (χ1v) is 7.42. The zero-order valence-electron chi connectivity index (χ0n) is 13.3. The summed E-state index contributed by atoms with van der Waals surface area (Å²) in [6.45, 7) is 7.02. The number of likely N-dealkylation sites (N-methyl/N-ethyl adjacent to an activating group) is 1. The largest absolute Gasteiger partial charge is 0.383 e. The smallest absolute Gasteiger partial charge is 0.225 e. The van der Waals surface area contributed by atoms with E-state index in [0.29, 0.717) is 25.6 Å². The van der Waals surface area contributed by atoms with Crippen LogP contribution in [0.2, 0.25) is 0 Å². The van der Waals surface area contributed by atoms with Gasteiger partial charge in [-0.3, -0.25) is 9.69 Å². The standard InChI is InChI=1S/C16H27N3O2/c1-4-19(13(2)12-21-3)10-9-16(20)18-15-7-5-14(11-17)6-8-15/h5-8,13H,4,9-12,17H2,1-3H3,(H,18,20). The van der Waals surface area contributed by atoms with Gasteiger partial charge in [-0.15, -0.1) is 0 Å². The third-order valence-electron chi connectivity index (χ3n) is 3.54. The minimum Gasteiger partial charge on any atom is -0.383 e. The molecule has 0 heterocycles. The van der Waals surface area contributed by atoms with E-state index < -0.39 is 0 Å². The number of anilines is 1. The molecule has 0 aliphatic heterocycles. The number of amides is 1. The number of nitrogens with zero attached hydrogens (tertiary/aromatic N) is 1. The number of nitrogens with two attached hydrogens (primary N) is 1. The van der Waals surface area contributed by atoms with E-state index in [1.165, 1.54) is 0 Å². The molecule has 1 aromatic carbocycles. The molecular formula is C16H27N3O2. The average molecular weight is 293 g/mol. The van der Waals surface area contributed by atoms with Gasteiger partial charge in [-0.25, -0.2) is 0 Å². The van der Waals surface area contributed by atoms with Crippen molar-refractivity contribution in [1.82, 2.24) is 4.90 Å². The Hall–Kier alpha value is -1.43. The van der Waals surface area contributed by atoms with Crippen LogP contribution in [0, 0.1) is 0 Å². The number of carbonyl (C=O) groups is 1. The van der Waals surface area contributed by atoms with Crippen molar-refractivity contribution in [2.24, 2.45) is 5.73 Å². The number of nitrogens with one attached hydrogen (secondary N) is 1. The van der Waals surface area contributed by atoms with Gasteiger partial charge < -0.3 is 15.8 Å².